The van der Waals surface area contributed by atoms with Crippen LogP contribution in [0.2, 0.25) is 0 Å². The fourth-order valence-electron chi connectivity index (χ4n) is 2.28. The van der Waals surface area contributed by atoms with E-state index in [2.05, 4.69) is 30.0 Å². The van der Waals surface area contributed by atoms with Crippen LogP contribution in [0.4, 0.5) is 0 Å². The molecule has 110 valence electrons. The third-order valence-corrected chi connectivity index (χ3v) is 3.57. The maximum atomic E-state index is 12.0. The summed E-state index contributed by atoms with van der Waals surface area (Å²) in [6.07, 6.45) is 2.17. The van der Waals surface area contributed by atoms with Crippen molar-refractivity contribution in [1.82, 2.24) is 5.32 Å². The van der Waals surface area contributed by atoms with Gasteiger partial charge in [0.25, 0.3) is 5.91 Å². The molecule has 4 heteroatoms. The summed E-state index contributed by atoms with van der Waals surface area (Å²) in [7, 11) is 1.30. The molecule has 0 radical (unpaired) electrons. The number of nitrogens with one attached hydrogen (secondary N) is 1. The van der Waals surface area contributed by atoms with Gasteiger partial charge in [-0.3, -0.25) is 9.59 Å². The highest BCUT2D eigenvalue weighted by Crippen LogP contribution is 2.24. The Balaban J connectivity index is 2.82. The molecule has 1 rings (SSSR count). The second kappa shape index (κ2) is 7.68. The summed E-state index contributed by atoms with van der Waals surface area (Å²) in [5.41, 5.74) is 2.79. The molecule has 20 heavy (non-hydrogen) atoms. The third kappa shape index (κ3) is 4.08. The quantitative estimate of drug-likeness (QED) is 0.813. The first-order chi connectivity index (χ1) is 9.53. The lowest BCUT2D eigenvalue weighted by atomic mass is 9.91. The topological polar surface area (TPSA) is 55.4 Å². The van der Waals surface area contributed by atoms with Gasteiger partial charge in [-0.05, 0) is 42.9 Å². The van der Waals surface area contributed by atoms with Crippen LogP contribution in [0.1, 0.15) is 54.1 Å². The molecule has 0 spiro atoms. The largest absolute Gasteiger partial charge is 0.468 e. The van der Waals surface area contributed by atoms with Gasteiger partial charge < -0.3 is 10.1 Å². The molecule has 1 aromatic carbocycles. The van der Waals surface area contributed by atoms with E-state index in [0.717, 1.165) is 18.4 Å². The summed E-state index contributed by atoms with van der Waals surface area (Å²) in [5.74, 6) is -0.172. The van der Waals surface area contributed by atoms with Crippen LogP contribution in [0.15, 0.2) is 18.2 Å². The van der Waals surface area contributed by atoms with Gasteiger partial charge in [0, 0.05) is 5.56 Å². The highest BCUT2D eigenvalue weighted by atomic mass is 16.5. The molecule has 0 aliphatic heterocycles. The van der Waals surface area contributed by atoms with Crippen molar-refractivity contribution in [3.63, 3.8) is 0 Å². The standard InChI is InChI=1S/C16H23NO3/c1-5-12(6-2)13-7-8-14(11(3)9-13)16(19)17-10-15(18)20-4/h7-9,12H,5-6,10H2,1-4H3,(H,17,19). The number of carbonyl (C=O) groups is 2. The average Bonchev–Trinajstić information content (AvgIpc) is 2.45. The molecule has 0 aliphatic carbocycles. The number of esters is 1. The molecule has 0 fully saturated rings. The van der Waals surface area contributed by atoms with Gasteiger partial charge in [0.15, 0.2) is 0 Å². The van der Waals surface area contributed by atoms with Gasteiger partial charge >= 0.3 is 5.97 Å². The number of ether oxygens (including phenoxy) is 1. The van der Waals surface area contributed by atoms with Crippen molar-refractivity contribution < 1.29 is 14.3 Å². The van der Waals surface area contributed by atoms with E-state index in [1.54, 1.807) is 0 Å². The van der Waals surface area contributed by atoms with E-state index in [4.69, 9.17) is 0 Å². The van der Waals surface area contributed by atoms with Crippen LogP contribution in [-0.4, -0.2) is 25.5 Å². The van der Waals surface area contributed by atoms with Crippen molar-refractivity contribution in [3.8, 4) is 0 Å². The van der Waals surface area contributed by atoms with E-state index >= 15 is 0 Å². The second-order valence-electron chi connectivity index (χ2n) is 4.85. The first kappa shape index (κ1) is 16.2. The summed E-state index contributed by atoms with van der Waals surface area (Å²) in [6, 6.07) is 5.89. The molecule has 0 bridgehead atoms. The van der Waals surface area contributed by atoms with Crippen LogP contribution in [0, 0.1) is 6.92 Å². The molecule has 0 unspecified atom stereocenters. The molecule has 0 aromatic heterocycles. The van der Waals surface area contributed by atoms with Gasteiger partial charge in [-0.25, -0.2) is 0 Å². The van der Waals surface area contributed by atoms with Crippen LogP contribution >= 0.6 is 0 Å². The number of amides is 1. The number of rotatable bonds is 6. The predicted octanol–water partition coefficient (Wildman–Crippen LogP) is 2.80. The Morgan fingerprint density at radius 2 is 1.90 bits per heavy atom. The molecule has 1 amide bonds. The van der Waals surface area contributed by atoms with Gasteiger partial charge in [-0.15, -0.1) is 0 Å². The highest BCUT2D eigenvalue weighted by molar-refractivity contribution is 5.97. The van der Waals surface area contributed by atoms with Gasteiger partial charge in [0.1, 0.15) is 6.54 Å². The Hall–Kier alpha value is -1.84. The molecule has 0 aliphatic rings. The smallest absolute Gasteiger partial charge is 0.325 e. The number of carbonyl (C=O) groups excluding carboxylic acids is 2. The molecule has 1 aromatic rings. The fraction of sp³-hybridized carbons (Fsp3) is 0.500. The number of hydrogen-bond donors (Lipinski definition) is 1. The van der Waals surface area contributed by atoms with E-state index < -0.39 is 5.97 Å². The molecular formula is C16H23NO3. The van der Waals surface area contributed by atoms with Crippen molar-refractivity contribution in [1.29, 1.82) is 0 Å². The van der Waals surface area contributed by atoms with Crippen molar-refractivity contribution >= 4 is 11.9 Å². The van der Waals surface area contributed by atoms with Crippen molar-refractivity contribution in [2.45, 2.75) is 39.5 Å². The normalized spacial score (nSPS) is 10.4. The second-order valence-corrected chi connectivity index (χ2v) is 4.85. The van der Waals surface area contributed by atoms with Crippen LogP contribution < -0.4 is 5.32 Å². The summed E-state index contributed by atoms with van der Waals surface area (Å²) in [4.78, 5) is 23.0. The highest BCUT2D eigenvalue weighted by Gasteiger charge is 2.13. The first-order valence-electron chi connectivity index (χ1n) is 6.99. The Morgan fingerprint density at radius 1 is 1.25 bits per heavy atom. The minimum absolute atomic E-state index is 0.108. The lowest BCUT2D eigenvalue weighted by Crippen LogP contribution is -2.30. The zero-order valence-electron chi connectivity index (χ0n) is 12.7. The van der Waals surface area contributed by atoms with E-state index in [0.29, 0.717) is 11.5 Å². The van der Waals surface area contributed by atoms with Crippen molar-refractivity contribution in [3.05, 3.63) is 34.9 Å². The number of methoxy groups -OCH3 is 1. The maximum Gasteiger partial charge on any atom is 0.325 e. The Morgan fingerprint density at radius 3 is 2.40 bits per heavy atom. The van der Waals surface area contributed by atoms with Gasteiger partial charge in [0.2, 0.25) is 0 Å². The fourth-order valence-corrected chi connectivity index (χ4v) is 2.28. The summed E-state index contributed by atoms with van der Waals surface area (Å²) >= 11 is 0. The summed E-state index contributed by atoms with van der Waals surface area (Å²) in [5, 5.41) is 2.55. The average molecular weight is 277 g/mol. The first-order valence-corrected chi connectivity index (χ1v) is 6.99. The Kier molecular flexibility index (Phi) is 6.22. The molecule has 1 N–H and O–H groups in total. The predicted molar refractivity (Wildman–Crippen MR) is 78.9 cm³/mol. The maximum absolute atomic E-state index is 12.0. The van der Waals surface area contributed by atoms with Crippen LogP contribution in [0.25, 0.3) is 0 Å². The zero-order chi connectivity index (χ0) is 15.1. The third-order valence-electron chi connectivity index (χ3n) is 3.57. The molecule has 0 saturated carbocycles. The van der Waals surface area contributed by atoms with Crippen LogP contribution in [0.3, 0.4) is 0 Å². The van der Waals surface area contributed by atoms with Crippen LogP contribution in [0.5, 0.6) is 0 Å². The van der Waals surface area contributed by atoms with E-state index in [9.17, 15) is 9.59 Å². The molecule has 4 nitrogen and oxygen atoms in total. The molecular weight excluding hydrogens is 254 g/mol. The Bertz CT molecular complexity index is 479. The molecule has 0 saturated heterocycles. The molecule has 0 heterocycles. The molecule has 0 atom stereocenters. The van der Waals surface area contributed by atoms with Gasteiger partial charge in [-0.1, -0.05) is 26.0 Å². The van der Waals surface area contributed by atoms with Crippen molar-refractivity contribution in [2.24, 2.45) is 0 Å². The SMILES string of the molecule is CCC(CC)c1ccc(C(=O)NCC(=O)OC)c(C)c1. The number of hydrogen-bond acceptors (Lipinski definition) is 3. The van der Waals surface area contributed by atoms with Gasteiger partial charge in [0.05, 0.1) is 7.11 Å². The van der Waals surface area contributed by atoms with Gasteiger partial charge in [-0.2, -0.15) is 0 Å². The van der Waals surface area contributed by atoms with Crippen molar-refractivity contribution in [2.75, 3.05) is 13.7 Å². The lowest BCUT2D eigenvalue weighted by Gasteiger charge is -2.15. The number of benzene rings is 1. The Labute approximate surface area is 120 Å². The monoisotopic (exact) mass is 277 g/mol. The van der Waals surface area contributed by atoms with E-state index in [-0.39, 0.29) is 12.5 Å². The summed E-state index contributed by atoms with van der Waals surface area (Å²) in [6.45, 7) is 6.14. The minimum atomic E-state index is -0.454. The van der Waals surface area contributed by atoms with Crippen LogP contribution in [-0.2, 0) is 9.53 Å². The summed E-state index contributed by atoms with van der Waals surface area (Å²) < 4.78 is 4.49. The minimum Gasteiger partial charge on any atom is -0.468 e. The zero-order valence-corrected chi connectivity index (χ0v) is 12.7. The van der Waals surface area contributed by atoms with E-state index in [1.807, 2.05) is 19.1 Å². The lowest BCUT2D eigenvalue weighted by molar-refractivity contribution is -0.139. The number of aryl methyl sites for hydroxylation is 1. The van der Waals surface area contributed by atoms with E-state index in [1.165, 1.54) is 12.7 Å².